The van der Waals surface area contributed by atoms with Gasteiger partial charge >= 0.3 is 0 Å². The van der Waals surface area contributed by atoms with Gasteiger partial charge in [0.05, 0.1) is 6.61 Å². The van der Waals surface area contributed by atoms with Crippen molar-refractivity contribution in [3.8, 4) is 0 Å². The molecule has 22 heavy (non-hydrogen) atoms. The van der Waals surface area contributed by atoms with Gasteiger partial charge in [0.2, 0.25) is 5.91 Å². The number of likely N-dealkylation sites (tertiary alicyclic amines) is 1. The highest BCUT2D eigenvalue weighted by Crippen LogP contribution is 2.15. The number of methoxy groups -OCH3 is 1. The Morgan fingerprint density at radius 2 is 2.05 bits per heavy atom. The molecule has 1 fully saturated rings. The van der Waals surface area contributed by atoms with Crippen LogP contribution in [0.15, 0.2) is 36.4 Å². The molecule has 0 saturated carbocycles. The lowest BCUT2D eigenvalue weighted by Crippen LogP contribution is -2.39. The number of ether oxygens (including phenoxy) is 1. The van der Waals surface area contributed by atoms with Crippen LogP contribution < -0.4 is 5.32 Å². The van der Waals surface area contributed by atoms with E-state index in [1.807, 2.05) is 36.4 Å². The summed E-state index contributed by atoms with van der Waals surface area (Å²) in [6, 6.07) is 9.87. The van der Waals surface area contributed by atoms with Gasteiger partial charge in [-0.25, -0.2) is 0 Å². The molecule has 120 valence electrons. The van der Waals surface area contributed by atoms with E-state index in [9.17, 15) is 4.79 Å². The Hall–Kier alpha value is -1.65. The van der Waals surface area contributed by atoms with Crippen molar-refractivity contribution in [2.24, 2.45) is 5.92 Å². The first-order valence-corrected chi connectivity index (χ1v) is 8.00. The van der Waals surface area contributed by atoms with Gasteiger partial charge in [-0.3, -0.25) is 4.79 Å². The maximum absolute atomic E-state index is 11.8. The van der Waals surface area contributed by atoms with Crippen LogP contribution in [0, 0.1) is 5.92 Å². The number of hydrogen-bond acceptors (Lipinski definition) is 3. The number of amides is 1. The lowest BCUT2D eigenvalue weighted by atomic mass is 9.97. The van der Waals surface area contributed by atoms with Crippen molar-refractivity contribution < 1.29 is 9.53 Å². The minimum atomic E-state index is -0.00864. The van der Waals surface area contributed by atoms with Crippen LogP contribution in [-0.2, 0) is 9.53 Å². The Labute approximate surface area is 133 Å². The van der Waals surface area contributed by atoms with E-state index in [1.54, 1.807) is 13.2 Å². The highest BCUT2D eigenvalue weighted by Gasteiger charge is 2.18. The van der Waals surface area contributed by atoms with Gasteiger partial charge in [0, 0.05) is 26.3 Å². The summed E-state index contributed by atoms with van der Waals surface area (Å²) in [5, 5.41) is 3.01. The monoisotopic (exact) mass is 302 g/mol. The molecule has 1 heterocycles. The number of nitrogens with one attached hydrogen (secondary N) is 1. The minimum absolute atomic E-state index is 0.00864. The van der Waals surface area contributed by atoms with E-state index in [2.05, 4.69) is 10.2 Å². The van der Waals surface area contributed by atoms with E-state index in [-0.39, 0.29) is 5.91 Å². The largest absolute Gasteiger partial charge is 0.383 e. The fraction of sp³-hybridized carbons (Fsp3) is 0.500. The maximum atomic E-state index is 11.8. The smallest absolute Gasteiger partial charge is 0.244 e. The molecule has 0 aromatic heterocycles. The van der Waals surface area contributed by atoms with Crippen LogP contribution in [0.1, 0.15) is 18.4 Å². The van der Waals surface area contributed by atoms with Gasteiger partial charge in [-0.1, -0.05) is 30.3 Å². The molecule has 0 radical (unpaired) electrons. The summed E-state index contributed by atoms with van der Waals surface area (Å²) < 4.78 is 5.11. The van der Waals surface area contributed by atoms with Gasteiger partial charge in [-0.05, 0) is 43.5 Å². The van der Waals surface area contributed by atoms with Crippen LogP contribution in [0.2, 0.25) is 0 Å². The molecular weight excluding hydrogens is 276 g/mol. The summed E-state index contributed by atoms with van der Waals surface area (Å²) in [7, 11) is 1.74. The molecule has 1 aliphatic rings. The van der Waals surface area contributed by atoms with Crippen molar-refractivity contribution in [1.82, 2.24) is 10.2 Å². The fourth-order valence-electron chi connectivity index (χ4n) is 2.67. The fourth-order valence-corrected chi connectivity index (χ4v) is 2.67. The molecule has 0 bridgehead atoms. The summed E-state index contributed by atoms with van der Waals surface area (Å²) in [5.74, 6) is 0.582. The number of piperidine rings is 1. The van der Waals surface area contributed by atoms with Crippen LogP contribution >= 0.6 is 0 Å². The second kappa shape index (κ2) is 9.38. The first-order valence-electron chi connectivity index (χ1n) is 8.00. The molecule has 0 spiro atoms. The Bertz CT molecular complexity index is 465. The molecule has 2 rings (SSSR count). The van der Waals surface area contributed by atoms with Crippen LogP contribution in [0.4, 0.5) is 0 Å². The molecule has 0 aliphatic carbocycles. The average Bonchev–Trinajstić information content (AvgIpc) is 2.58. The minimum Gasteiger partial charge on any atom is -0.383 e. The van der Waals surface area contributed by atoms with Crippen molar-refractivity contribution in [1.29, 1.82) is 0 Å². The van der Waals surface area contributed by atoms with E-state index < -0.39 is 0 Å². The third-order valence-electron chi connectivity index (χ3n) is 4.11. The van der Waals surface area contributed by atoms with Crippen molar-refractivity contribution >= 4 is 12.0 Å². The lowest BCUT2D eigenvalue weighted by molar-refractivity contribution is -0.116. The topological polar surface area (TPSA) is 41.6 Å². The Kier molecular flexibility index (Phi) is 7.13. The number of carbonyl (C=O) groups is 1. The van der Waals surface area contributed by atoms with Gasteiger partial charge in [0.25, 0.3) is 0 Å². The Morgan fingerprint density at radius 1 is 1.32 bits per heavy atom. The number of nitrogens with zero attached hydrogens (tertiary/aromatic N) is 1. The summed E-state index contributed by atoms with van der Waals surface area (Å²) in [4.78, 5) is 14.3. The SMILES string of the molecule is COCCN1CCC(CNC(=O)/C=C/c2ccccc2)CC1. The Morgan fingerprint density at radius 3 is 2.73 bits per heavy atom. The summed E-state index contributed by atoms with van der Waals surface area (Å²) >= 11 is 0. The summed E-state index contributed by atoms with van der Waals surface area (Å²) in [6.07, 6.45) is 5.75. The molecular formula is C18H26N2O2. The predicted octanol–water partition coefficient (Wildman–Crippen LogP) is 2.17. The van der Waals surface area contributed by atoms with Crippen molar-refractivity contribution in [2.45, 2.75) is 12.8 Å². The molecule has 1 amide bonds. The summed E-state index contributed by atoms with van der Waals surface area (Å²) in [5.41, 5.74) is 1.05. The lowest BCUT2D eigenvalue weighted by Gasteiger charge is -2.31. The quantitative estimate of drug-likeness (QED) is 0.785. The van der Waals surface area contributed by atoms with Gasteiger partial charge < -0.3 is 15.0 Å². The molecule has 1 saturated heterocycles. The summed E-state index contributed by atoms with van der Waals surface area (Å²) in [6.45, 7) is 4.78. The third-order valence-corrected chi connectivity index (χ3v) is 4.11. The van der Waals surface area contributed by atoms with Crippen molar-refractivity contribution in [2.75, 3.05) is 39.9 Å². The van der Waals surface area contributed by atoms with E-state index in [1.165, 1.54) is 0 Å². The standard InChI is InChI=1S/C18H26N2O2/c1-22-14-13-20-11-9-17(10-12-20)15-19-18(21)8-7-16-5-3-2-4-6-16/h2-8,17H,9-15H2,1H3,(H,19,21)/b8-7+. The van der Waals surface area contributed by atoms with Crippen molar-refractivity contribution in [3.05, 3.63) is 42.0 Å². The van der Waals surface area contributed by atoms with E-state index in [0.29, 0.717) is 5.92 Å². The Balaban J connectivity index is 1.64. The van der Waals surface area contributed by atoms with Gasteiger partial charge in [0.15, 0.2) is 0 Å². The van der Waals surface area contributed by atoms with Gasteiger partial charge in [0.1, 0.15) is 0 Å². The van der Waals surface area contributed by atoms with Crippen LogP contribution in [0.25, 0.3) is 6.08 Å². The van der Waals surface area contributed by atoms with E-state index >= 15 is 0 Å². The van der Waals surface area contributed by atoms with E-state index in [4.69, 9.17) is 4.74 Å². The first-order chi connectivity index (χ1) is 10.8. The van der Waals surface area contributed by atoms with E-state index in [0.717, 1.165) is 51.2 Å². The third kappa shape index (κ3) is 6.00. The molecule has 0 unspecified atom stereocenters. The predicted molar refractivity (Wildman–Crippen MR) is 89.5 cm³/mol. The highest BCUT2D eigenvalue weighted by molar-refractivity contribution is 5.91. The molecule has 0 atom stereocenters. The first kappa shape index (κ1) is 16.7. The van der Waals surface area contributed by atoms with Gasteiger partial charge in [-0.2, -0.15) is 0 Å². The number of rotatable bonds is 7. The number of benzene rings is 1. The van der Waals surface area contributed by atoms with Crippen LogP contribution in [0.3, 0.4) is 0 Å². The zero-order valence-corrected chi connectivity index (χ0v) is 13.3. The second-order valence-electron chi connectivity index (χ2n) is 5.77. The highest BCUT2D eigenvalue weighted by atomic mass is 16.5. The molecule has 1 N–H and O–H groups in total. The molecule has 4 heteroatoms. The molecule has 1 aromatic carbocycles. The van der Waals surface area contributed by atoms with Crippen LogP contribution in [0.5, 0.6) is 0 Å². The zero-order chi connectivity index (χ0) is 15.6. The number of carbonyl (C=O) groups excluding carboxylic acids is 1. The second-order valence-corrected chi connectivity index (χ2v) is 5.77. The van der Waals surface area contributed by atoms with Gasteiger partial charge in [-0.15, -0.1) is 0 Å². The maximum Gasteiger partial charge on any atom is 0.244 e. The average molecular weight is 302 g/mol. The molecule has 1 aromatic rings. The van der Waals surface area contributed by atoms with Crippen LogP contribution in [-0.4, -0.2) is 50.7 Å². The molecule has 4 nitrogen and oxygen atoms in total. The normalized spacial score (nSPS) is 17.0. The van der Waals surface area contributed by atoms with Crippen molar-refractivity contribution in [3.63, 3.8) is 0 Å². The molecule has 1 aliphatic heterocycles. The zero-order valence-electron chi connectivity index (χ0n) is 13.3. The number of hydrogen-bond donors (Lipinski definition) is 1.